The Bertz CT molecular complexity index is 789. The van der Waals surface area contributed by atoms with E-state index >= 15 is 0 Å². The lowest BCUT2D eigenvalue weighted by atomic mass is 9.80. The van der Waals surface area contributed by atoms with Crippen LogP contribution in [0.15, 0.2) is 53.4 Å². The molecule has 0 heterocycles. The number of rotatable bonds is 14. The smallest absolute Gasteiger partial charge is 0.316 e. The Morgan fingerprint density at radius 1 is 1.13 bits per heavy atom. The van der Waals surface area contributed by atoms with Gasteiger partial charge in [0.1, 0.15) is 5.82 Å². The van der Waals surface area contributed by atoms with Crippen LogP contribution in [0.25, 0.3) is 0 Å². The molecule has 0 radical (unpaired) electrons. The quantitative estimate of drug-likeness (QED) is 0.210. The predicted octanol–water partition coefficient (Wildman–Crippen LogP) is 5.94. The van der Waals surface area contributed by atoms with Gasteiger partial charge in [0.25, 0.3) is 0 Å². The molecule has 4 nitrogen and oxygen atoms in total. The zero-order valence-electron chi connectivity index (χ0n) is 17.8. The maximum absolute atomic E-state index is 14.4. The normalized spacial score (nSPS) is 12.8. The Hall–Kier alpha value is -1.17. The third-order valence-corrected chi connectivity index (χ3v) is 6.64. The molecule has 0 spiro atoms. The number of thioether (sulfide) groups is 1. The zero-order chi connectivity index (χ0) is 21.8. The van der Waals surface area contributed by atoms with Crippen molar-refractivity contribution in [2.75, 3.05) is 18.9 Å². The highest BCUT2D eigenvalue weighted by atomic mass is 32.2. The van der Waals surface area contributed by atoms with E-state index in [-0.39, 0.29) is 17.8 Å². The summed E-state index contributed by atoms with van der Waals surface area (Å²) in [6.07, 6.45) is 3.93. The van der Waals surface area contributed by atoms with Crippen molar-refractivity contribution in [1.29, 1.82) is 0 Å². The highest BCUT2D eigenvalue weighted by Crippen LogP contribution is 2.30. The van der Waals surface area contributed by atoms with Crippen molar-refractivity contribution in [2.45, 2.75) is 56.4 Å². The standard InChI is InChI=1S/C23H33FNO3PS/c1-23(2,20-9-4-3-5-10-20)13-6-7-16-30-22-12-11-19(17-21(22)24)18-25-14-8-15-28-29(26)27/h3-5,9-12,17,25,29H,6-8,13-16,18H2,1-2H3,(H,26,27). The summed E-state index contributed by atoms with van der Waals surface area (Å²) in [5, 5.41) is 3.18. The lowest BCUT2D eigenvalue weighted by molar-refractivity contribution is 0.276. The van der Waals surface area contributed by atoms with Crippen molar-refractivity contribution in [3.05, 3.63) is 65.5 Å². The molecule has 0 aliphatic heterocycles. The van der Waals surface area contributed by atoms with Crippen molar-refractivity contribution >= 4 is 20.0 Å². The number of benzene rings is 2. The lowest BCUT2D eigenvalue weighted by Crippen LogP contribution is -2.16. The molecule has 0 aromatic heterocycles. The van der Waals surface area contributed by atoms with Gasteiger partial charge in [0, 0.05) is 11.4 Å². The second kappa shape index (κ2) is 13.3. The molecule has 2 N–H and O–H groups in total. The molecular weight excluding hydrogens is 420 g/mol. The molecule has 166 valence electrons. The molecule has 1 atom stereocenters. The third kappa shape index (κ3) is 9.32. The maximum Gasteiger partial charge on any atom is 0.316 e. The Morgan fingerprint density at radius 2 is 1.90 bits per heavy atom. The first-order chi connectivity index (χ1) is 14.4. The summed E-state index contributed by atoms with van der Waals surface area (Å²) in [6, 6.07) is 16.0. The fourth-order valence-corrected chi connectivity index (χ4v) is 4.49. The maximum atomic E-state index is 14.4. The summed E-state index contributed by atoms with van der Waals surface area (Å²) >= 11 is 1.58. The number of nitrogens with one attached hydrogen (secondary N) is 1. The second-order valence-corrected chi connectivity index (χ2v) is 9.92. The highest BCUT2D eigenvalue weighted by Gasteiger charge is 2.19. The largest absolute Gasteiger partial charge is 0.326 e. The van der Waals surface area contributed by atoms with Crippen LogP contribution in [0.1, 0.15) is 50.7 Å². The topological polar surface area (TPSA) is 58.6 Å². The molecule has 0 aliphatic rings. The van der Waals surface area contributed by atoms with Crippen LogP contribution >= 0.6 is 20.0 Å². The van der Waals surface area contributed by atoms with E-state index in [1.807, 2.05) is 18.2 Å². The molecule has 1 unspecified atom stereocenters. The second-order valence-electron chi connectivity index (χ2n) is 7.96. The van der Waals surface area contributed by atoms with Gasteiger partial charge in [-0.15, -0.1) is 11.8 Å². The fraction of sp³-hybridized carbons (Fsp3) is 0.478. The molecule has 0 saturated heterocycles. The van der Waals surface area contributed by atoms with Gasteiger partial charge >= 0.3 is 8.25 Å². The minimum atomic E-state index is -2.84. The summed E-state index contributed by atoms with van der Waals surface area (Å²) in [6.45, 7) is 6.01. The molecule has 30 heavy (non-hydrogen) atoms. The Morgan fingerprint density at radius 3 is 2.60 bits per heavy atom. The van der Waals surface area contributed by atoms with E-state index in [9.17, 15) is 8.96 Å². The van der Waals surface area contributed by atoms with Crippen molar-refractivity contribution in [1.82, 2.24) is 5.32 Å². The van der Waals surface area contributed by atoms with Gasteiger partial charge in [-0.25, -0.2) is 4.39 Å². The SMILES string of the molecule is CC(C)(CCCCSc1ccc(CNCCCO[PH](=O)O)cc1F)c1ccccc1. The summed E-state index contributed by atoms with van der Waals surface area (Å²) in [4.78, 5) is 9.27. The average Bonchev–Trinajstić information content (AvgIpc) is 2.72. The monoisotopic (exact) mass is 453 g/mol. The van der Waals surface area contributed by atoms with Crippen LogP contribution in [0.3, 0.4) is 0 Å². The molecule has 2 aromatic carbocycles. The Balaban J connectivity index is 1.65. The van der Waals surface area contributed by atoms with Crippen LogP contribution in [-0.2, 0) is 21.0 Å². The van der Waals surface area contributed by atoms with Crippen LogP contribution in [0.4, 0.5) is 4.39 Å². The van der Waals surface area contributed by atoms with Crippen LogP contribution < -0.4 is 5.32 Å². The van der Waals surface area contributed by atoms with Gasteiger partial charge < -0.3 is 14.7 Å². The summed E-state index contributed by atoms with van der Waals surface area (Å²) in [5.41, 5.74) is 2.41. The number of hydrogen-bond acceptors (Lipinski definition) is 4. The molecule has 7 heteroatoms. The van der Waals surface area contributed by atoms with Crippen LogP contribution in [0.5, 0.6) is 0 Å². The molecular formula is C23H33FNO3PS. The number of hydrogen-bond donors (Lipinski definition) is 2. The summed E-state index contributed by atoms with van der Waals surface area (Å²) in [5.74, 6) is 0.735. The van der Waals surface area contributed by atoms with E-state index in [4.69, 9.17) is 4.89 Å². The van der Waals surface area contributed by atoms with Gasteiger partial charge in [0.2, 0.25) is 0 Å². The van der Waals surface area contributed by atoms with Gasteiger partial charge in [-0.3, -0.25) is 4.57 Å². The Labute approximate surface area is 184 Å². The molecule has 0 aliphatic carbocycles. The first kappa shape index (κ1) is 25.1. The molecule has 0 bridgehead atoms. The van der Waals surface area contributed by atoms with Crippen molar-refractivity contribution < 1.29 is 18.4 Å². The van der Waals surface area contributed by atoms with Crippen LogP contribution in [-0.4, -0.2) is 23.8 Å². The molecule has 2 rings (SSSR count). The zero-order valence-corrected chi connectivity index (χ0v) is 19.6. The van der Waals surface area contributed by atoms with Crippen molar-refractivity contribution in [3.63, 3.8) is 0 Å². The van der Waals surface area contributed by atoms with E-state index in [1.165, 1.54) is 5.56 Å². The van der Waals surface area contributed by atoms with Crippen LogP contribution in [0.2, 0.25) is 0 Å². The molecule has 0 fully saturated rings. The van der Waals surface area contributed by atoms with E-state index in [1.54, 1.807) is 17.8 Å². The van der Waals surface area contributed by atoms with E-state index in [0.717, 1.165) is 30.6 Å². The van der Waals surface area contributed by atoms with E-state index in [2.05, 4.69) is 48.0 Å². The lowest BCUT2D eigenvalue weighted by Gasteiger charge is -2.25. The van der Waals surface area contributed by atoms with Gasteiger partial charge in [0.05, 0.1) is 6.61 Å². The summed E-state index contributed by atoms with van der Waals surface area (Å²) < 4.78 is 29.4. The first-order valence-electron chi connectivity index (χ1n) is 10.4. The summed E-state index contributed by atoms with van der Waals surface area (Å²) in [7, 11) is -2.84. The minimum Gasteiger partial charge on any atom is -0.326 e. The number of unbranched alkanes of at least 4 members (excludes halogenated alkanes) is 1. The van der Waals surface area contributed by atoms with E-state index in [0.29, 0.717) is 24.4 Å². The van der Waals surface area contributed by atoms with Crippen molar-refractivity contribution in [3.8, 4) is 0 Å². The predicted molar refractivity (Wildman–Crippen MR) is 124 cm³/mol. The minimum absolute atomic E-state index is 0.161. The van der Waals surface area contributed by atoms with Gasteiger partial charge in [-0.2, -0.15) is 0 Å². The molecule has 0 amide bonds. The third-order valence-electron chi connectivity index (χ3n) is 5.06. The van der Waals surface area contributed by atoms with E-state index < -0.39 is 8.25 Å². The first-order valence-corrected chi connectivity index (χ1v) is 12.7. The number of halogens is 1. The average molecular weight is 454 g/mol. The van der Waals surface area contributed by atoms with Crippen molar-refractivity contribution in [2.24, 2.45) is 0 Å². The van der Waals surface area contributed by atoms with Crippen LogP contribution in [0, 0.1) is 5.82 Å². The molecule has 2 aromatic rings. The van der Waals surface area contributed by atoms with Gasteiger partial charge in [-0.05, 0) is 60.2 Å². The molecule has 0 saturated carbocycles. The van der Waals surface area contributed by atoms with Gasteiger partial charge in [-0.1, -0.05) is 56.7 Å². The Kier molecular flexibility index (Phi) is 11.1. The fourth-order valence-electron chi connectivity index (χ4n) is 3.25. The van der Waals surface area contributed by atoms with Gasteiger partial charge in [0.15, 0.2) is 0 Å². The highest BCUT2D eigenvalue weighted by molar-refractivity contribution is 7.99.